The molecule has 10 aromatic rings. The highest BCUT2D eigenvalue weighted by Gasteiger charge is 2.21. The molecule has 0 saturated heterocycles. The molecule has 2 aromatic heterocycles. The summed E-state index contributed by atoms with van der Waals surface area (Å²) in [6.07, 6.45) is 0. The molecule has 236 valence electrons. The molecular formula is C46H32N4. The highest BCUT2D eigenvalue weighted by molar-refractivity contribution is 6.20. The van der Waals surface area contributed by atoms with Gasteiger partial charge < -0.3 is 0 Å². The van der Waals surface area contributed by atoms with Crippen LogP contribution in [0.5, 0.6) is 0 Å². The monoisotopic (exact) mass is 640 g/mol. The van der Waals surface area contributed by atoms with Gasteiger partial charge in [-0.3, -0.25) is 9.13 Å². The predicted molar refractivity (Wildman–Crippen MR) is 209 cm³/mol. The molecule has 0 spiro atoms. The van der Waals surface area contributed by atoms with Gasteiger partial charge in [-0.25, -0.2) is 9.97 Å². The smallest absolute Gasteiger partial charge is 0.111 e. The lowest BCUT2D eigenvalue weighted by atomic mass is 9.87. The average molecular weight is 641 g/mol. The van der Waals surface area contributed by atoms with Crippen LogP contribution in [0.15, 0.2) is 158 Å². The fourth-order valence-electron chi connectivity index (χ4n) is 8.11. The van der Waals surface area contributed by atoms with Crippen LogP contribution >= 0.6 is 0 Å². The van der Waals surface area contributed by atoms with Crippen LogP contribution < -0.4 is 0 Å². The third-order valence-electron chi connectivity index (χ3n) is 10.2. The minimum Gasteiger partial charge on any atom is -0.296 e. The Hall–Kier alpha value is -6.52. The van der Waals surface area contributed by atoms with E-state index in [0.29, 0.717) is 0 Å². The van der Waals surface area contributed by atoms with Gasteiger partial charge in [-0.05, 0) is 100 Å². The van der Waals surface area contributed by atoms with E-state index in [2.05, 4.69) is 181 Å². The first-order valence-electron chi connectivity index (χ1n) is 17.1. The molecule has 0 aliphatic heterocycles. The largest absolute Gasteiger partial charge is 0.296 e. The molecule has 50 heavy (non-hydrogen) atoms. The summed E-state index contributed by atoms with van der Waals surface area (Å²) in [4.78, 5) is 9.95. The molecule has 2 heterocycles. The van der Waals surface area contributed by atoms with Crippen LogP contribution in [0.3, 0.4) is 0 Å². The quantitative estimate of drug-likeness (QED) is 0.179. The second-order valence-electron chi connectivity index (χ2n) is 13.0. The zero-order chi connectivity index (χ0) is 33.3. The van der Waals surface area contributed by atoms with E-state index in [1.54, 1.807) is 0 Å². The minimum atomic E-state index is 0.961. The highest BCUT2D eigenvalue weighted by Crippen LogP contribution is 2.44. The van der Waals surface area contributed by atoms with Crippen molar-refractivity contribution in [3.63, 3.8) is 0 Å². The molecule has 4 nitrogen and oxygen atoms in total. The number of hydrogen-bond acceptors (Lipinski definition) is 2. The van der Waals surface area contributed by atoms with Crippen molar-refractivity contribution in [3.8, 4) is 33.6 Å². The number of nitrogens with zero attached hydrogens (tertiary/aromatic N) is 4. The number of fused-ring (bicyclic) bond motifs is 5. The van der Waals surface area contributed by atoms with E-state index in [-0.39, 0.29) is 0 Å². The fourth-order valence-corrected chi connectivity index (χ4v) is 8.11. The number of para-hydroxylation sites is 4. The molecule has 0 unspecified atom stereocenters. The van der Waals surface area contributed by atoms with Crippen molar-refractivity contribution in [1.29, 1.82) is 0 Å². The van der Waals surface area contributed by atoms with Crippen molar-refractivity contribution in [3.05, 3.63) is 169 Å². The Bertz CT molecular complexity index is 2810. The number of hydrogen-bond donors (Lipinski definition) is 0. The van der Waals surface area contributed by atoms with Gasteiger partial charge in [0, 0.05) is 10.8 Å². The molecule has 0 atom stereocenters. The topological polar surface area (TPSA) is 35.6 Å². The van der Waals surface area contributed by atoms with Crippen LogP contribution in [-0.4, -0.2) is 19.1 Å². The number of rotatable bonds is 4. The van der Waals surface area contributed by atoms with Crippen molar-refractivity contribution in [2.24, 2.45) is 0 Å². The summed E-state index contributed by atoms with van der Waals surface area (Å²) < 4.78 is 4.62. The lowest BCUT2D eigenvalue weighted by molar-refractivity contribution is 1.01. The van der Waals surface area contributed by atoms with Crippen molar-refractivity contribution in [1.82, 2.24) is 19.1 Å². The highest BCUT2D eigenvalue weighted by atomic mass is 15.1. The standard InChI is InChI=1S/C46H32N4/c1-29-47-40-22-6-8-24-44(40)49(29)42-26-12-20-36-38(42)28-39-37(21-13-27-43(39)50-30(2)48-41-23-7-9-25-45(41)50)46(36)35-19-11-17-33-32(16-10-18-34(33)35)31-14-4-3-5-15-31/h3-28H,1-2H3. The van der Waals surface area contributed by atoms with Crippen LogP contribution in [0.2, 0.25) is 0 Å². The lowest BCUT2D eigenvalue weighted by Gasteiger charge is -2.20. The lowest BCUT2D eigenvalue weighted by Crippen LogP contribution is -2.01. The SMILES string of the molecule is Cc1nc2ccccc2n1-c1cccc2c(-c3cccc4c(-c5ccccc5)cccc34)c3cccc(-n4c(C)nc5ccccc54)c3cc12. The summed E-state index contributed by atoms with van der Waals surface area (Å²) in [7, 11) is 0. The van der Waals surface area contributed by atoms with E-state index in [0.717, 1.165) is 45.1 Å². The maximum absolute atomic E-state index is 4.97. The molecule has 8 aromatic carbocycles. The average Bonchev–Trinajstić information content (AvgIpc) is 3.68. The number of imidazole rings is 2. The Balaban J connectivity index is 1.37. The van der Waals surface area contributed by atoms with Crippen LogP contribution in [0.25, 0.3) is 88.0 Å². The molecule has 0 fully saturated rings. The molecule has 0 bridgehead atoms. The Morgan fingerprint density at radius 3 is 1.42 bits per heavy atom. The second kappa shape index (κ2) is 11.0. The summed E-state index contributed by atoms with van der Waals surface area (Å²) in [6, 6.07) is 56.8. The summed E-state index contributed by atoms with van der Waals surface area (Å²) in [5, 5.41) is 7.22. The first-order valence-corrected chi connectivity index (χ1v) is 17.1. The van der Waals surface area contributed by atoms with Gasteiger partial charge >= 0.3 is 0 Å². The van der Waals surface area contributed by atoms with E-state index < -0.39 is 0 Å². The van der Waals surface area contributed by atoms with E-state index in [1.165, 1.54) is 54.6 Å². The van der Waals surface area contributed by atoms with Gasteiger partial charge in [0.25, 0.3) is 0 Å². The summed E-state index contributed by atoms with van der Waals surface area (Å²) >= 11 is 0. The zero-order valence-corrected chi connectivity index (χ0v) is 27.8. The third kappa shape index (κ3) is 4.18. The Labute approximate surface area is 289 Å². The van der Waals surface area contributed by atoms with Gasteiger partial charge in [0.15, 0.2) is 0 Å². The molecule has 0 amide bonds. The van der Waals surface area contributed by atoms with Gasteiger partial charge in [0.1, 0.15) is 11.6 Å². The maximum Gasteiger partial charge on any atom is 0.111 e. The maximum atomic E-state index is 4.97. The summed E-state index contributed by atoms with van der Waals surface area (Å²) in [5.41, 5.74) is 11.3. The van der Waals surface area contributed by atoms with E-state index in [1.807, 2.05) is 0 Å². The Morgan fingerprint density at radius 2 is 0.840 bits per heavy atom. The molecule has 10 rings (SSSR count). The van der Waals surface area contributed by atoms with Crippen molar-refractivity contribution >= 4 is 54.4 Å². The minimum absolute atomic E-state index is 0.961. The van der Waals surface area contributed by atoms with Gasteiger partial charge in [0.05, 0.1) is 33.4 Å². The van der Waals surface area contributed by atoms with Crippen molar-refractivity contribution < 1.29 is 0 Å². The van der Waals surface area contributed by atoms with Gasteiger partial charge in [-0.15, -0.1) is 0 Å². The van der Waals surface area contributed by atoms with Crippen LogP contribution in [0, 0.1) is 13.8 Å². The fraction of sp³-hybridized carbons (Fsp3) is 0.0435. The zero-order valence-electron chi connectivity index (χ0n) is 27.8. The Morgan fingerprint density at radius 1 is 0.380 bits per heavy atom. The molecule has 0 N–H and O–H groups in total. The third-order valence-corrected chi connectivity index (χ3v) is 10.2. The predicted octanol–water partition coefficient (Wildman–Crippen LogP) is 11.8. The molecule has 4 heteroatoms. The van der Waals surface area contributed by atoms with Gasteiger partial charge in [0.2, 0.25) is 0 Å². The second-order valence-corrected chi connectivity index (χ2v) is 13.0. The first-order chi connectivity index (χ1) is 24.7. The van der Waals surface area contributed by atoms with Crippen LogP contribution in [0.4, 0.5) is 0 Å². The molecular weight excluding hydrogens is 609 g/mol. The molecule has 0 aliphatic carbocycles. The van der Waals surface area contributed by atoms with Gasteiger partial charge in [-0.2, -0.15) is 0 Å². The van der Waals surface area contributed by atoms with E-state index >= 15 is 0 Å². The first kappa shape index (κ1) is 28.5. The molecule has 0 radical (unpaired) electrons. The van der Waals surface area contributed by atoms with Crippen LogP contribution in [-0.2, 0) is 0 Å². The molecule has 0 aliphatic rings. The number of aryl methyl sites for hydroxylation is 2. The number of aromatic nitrogens is 4. The van der Waals surface area contributed by atoms with Gasteiger partial charge in [-0.1, -0.05) is 115 Å². The van der Waals surface area contributed by atoms with Crippen molar-refractivity contribution in [2.45, 2.75) is 13.8 Å². The van der Waals surface area contributed by atoms with E-state index in [4.69, 9.17) is 9.97 Å². The van der Waals surface area contributed by atoms with Crippen LogP contribution in [0.1, 0.15) is 11.6 Å². The molecule has 0 saturated carbocycles. The summed E-state index contributed by atoms with van der Waals surface area (Å²) in [6.45, 7) is 4.20. The normalized spacial score (nSPS) is 11.8. The Kier molecular flexibility index (Phi) is 6.27. The number of benzene rings is 8. The van der Waals surface area contributed by atoms with Crippen molar-refractivity contribution in [2.75, 3.05) is 0 Å². The summed E-state index contributed by atoms with van der Waals surface area (Å²) in [5.74, 6) is 1.92. The van der Waals surface area contributed by atoms with E-state index in [9.17, 15) is 0 Å².